The van der Waals surface area contributed by atoms with Gasteiger partial charge in [-0.2, -0.15) is 79.0 Å². The number of hydrogen-bond donors (Lipinski definition) is 0. The number of rotatable bonds is 14. The molecule has 0 N–H and O–H groups in total. The second kappa shape index (κ2) is 19.5. The van der Waals surface area contributed by atoms with Crippen LogP contribution in [-0.2, 0) is 36.1 Å². The van der Waals surface area contributed by atoms with E-state index >= 15 is 0 Å². The van der Waals surface area contributed by atoms with Gasteiger partial charge in [0.15, 0.2) is 0 Å². The van der Waals surface area contributed by atoms with Gasteiger partial charge in [0.1, 0.15) is 17.9 Å². The first-order valence-corrected chi connectivity index (χ1v) is 11.0. The average Bonchev–Trinajstić information content (AvgIpc) is 2.93. The Hall–Kier alpha value is -2.60. The van der Waals surface area contributed by atoms with Crippen LogP contribution in [0.15, 0.2) is 0 Å². The van der Waals surface area contributed by atoms with Gasteiger partial charge in [0, 0.05) is 0 Å². The molecule has 0 heterocycles. The first kappa shape index (κ1) is 57.7. The van der Waals surface area contributed by atoms with Crippen LogP contribution in [0.1, 0.15) is 19.8 Å². The van der Waals surface area contributed by atoms with E-state index in [1.807, 2.05) is 6.92 Å². The van der Waals surface area contributed by atoms with Crippen molar-refractivity contribution < 1.29 is 162 Å². The number of alkyl halides is 24. The Morgan fingerprint density at radius 3 is 0.667 bits per heavy atom. The van der Waals surface area contributed by atoms with Crippen LogP contribution in [0.2, 0.25) is 0 Å². The van der Waals surface area contributed by atoms with Gasteiger partial charge in [-0.3, -0.25) is 0 Å². The molecule has 51 heavy (non-hydrogen) atoms. The molecule has 0 unspecified atom stereocenters. The van der Waals surface area contributed by atoms with Gasteiger partial charge < -0.3 is 34.8 Å². The zero-order valence-corrected chi connectivity index (χ0v) is 24.8. The number of carboxylic acid groups (broad SMARTS) is 3. The molecule has 0 aliphatic heterocycles. The van der Waals surface area contributed by atoms with Crippen molar-refractivity contribution in [1.29, 1.82) is 0 Å². The molecule has 0 bridgehead atoms. The zero-order valence-electron chi connectivity index (χ0n) is 23.3. The fourth-order valence-electron chi connectivity index (χ4n) is 1.57. The minimum atomic E-state index is -6.74. The molecule has 0 fully saturated rings. The van der Waals surface area contributed by atoms with Gasteiger partial charge in [-0.25, -0.2) is 26.3 Å². The summed E-state index contributed by atoms with van der Waals surface area (Å²) in [6, 6.07) is 0. The fourth-order valence-corrected chi connectivity index (χ4v) is 1.57. The summed E-state index contributed by atoms with van der Waals surface area (Å²) < 4.78 is 284. The first-order chi connectivity index (χ1) is 21.6. The van der Waals surface area contributed by atoms with Gasteiger partial charge in [-0.15, -0.1) is 6.61 Å². The monoisotopic (exact) mass is 856 g/mol. The quantitative estimate of drug-likeness (QED) is 0.193. The van der Waals surface area contributed by atoms with Crippen LogP contribution in [0.5, 0.6) is 0 Å². The van der Waals surface area contributed by atoms with Crippen molar-refractivity contribution in [3.8, 4) is 0 Å². The van der Waals surface area contributed by atoms with Crippen LogP contribution in [0.4, 0.5) is 105 Å². The fraction of sp³-hybridized carbons (Fsp3) is 0.842. The summed E-state index contributed by atoms with van der Waals surface area (Å²) in [5.74, 6) is -70.4. The molecule has 0 aliphatic rings. The van der Waals surface area contributed by atoms with Gasteiger partial charge >= 0.3 is 94.3 Å². The van der Waals surface area contributed by atoms with Gasteiger partial charge in [0.05, 0.1) is 0 Å². The molecule has 0 saturated heterocycles. The molecule has 0 aromatic carbocycles. The van der Waals surface area contributed by atoms with E-state index in [1.165, 1.54) is 0 Å². The van der Waals surface area contributed by atoms with Crippen LogP contribution < -0.4 is 20.4 Å². The molecule has 302 valence electrons. The van der Waals surface area contributed by atoms with Crippen LogP contribution in [0, 0.1) is 0 Å². The molecular formula is C19H12F24O7Ti. The molecule has 0 amide bonds. The van der Waals surface area contributed by atoms with Gasteiger partial charge in [0.25, 0.3) is 0 Å². The van der Waals surface area contributed by atoms with E-state index < -0.39 is 90.5 Å². The second-order valence-corrected chi connectivity index (χ2v) is 8.14. The molecule has 32 heteroatoms. The molecule has 0 aromatic rings. The van der Waals surface area contributed by atoms with E-state index in [0.29, 0.717) is 0 Å². The van der Waals surface area contributed by atoms with E-state index in [4.69, 9.17) is 0 Å². The van der Waals surface area contributed by atoms with Crippen LogP contribution in [0.25, 0.3) is 0 Å². The summed E-state index contributed by atoms with van der Waals surface area (Å²) in [5.41, 5.74) is 0. The Balaban J connectivity index is -0.000000192. The summed E-state index contributed by atoms with van der Waals surface area (Å²) in [5, 5.41) is 37.8. The molecule has 0 rings (SSSR count). The van der Waals surface area contributed by atoms with Crippen molar-refractivity contribution in [2.75, 3.05) is 6.61 Å². The molecule has 7 nitrogen and oxygen atoms in total. The van der Waals surface area contributed by atoms with Crippen molar-refractivity contribution in [2.24, 2.45) is 0 Å². The second-order valence-electron chi connectivity index (χ2n) is 8.14. The number of unbranched alkanes of at least 4 members (excludes halogenated alkanes) is 1. The summed E-state index contributed by atoms with van der Waals surface area (Å²) in [6.07, 6.45) is -13.6. The van der Waals surface area contributed by atoms with Gasteiger partial charge in [-0.1, -0.05) is 19.8 Å². The Morgan fingerprint density at radius 2 is 0.608 bits per heavy atom. The maximum Gasteiger partial charge on any atom is 4.00 e. The van der Waals surface area contributed by atoms with Gasteiger partial charge in [-0.05, 0) is 0 Å². The number of aliphatic carboxylic acids is 3. The molecule has 0 atom stereocenters. The predicted octanol–water partition coefficient (Wildman–Crippen LogP) is 2.87. The number of halogens is 24. The summed E-state index contributed by atoms with van der Waals surface area (Å²) in [7, 11) is 0. The summed E-state index contributed by atoms with van der Waals surface area (Å²) >= 11 is 0. The SMILES string of the molecule is CCCC[O-].O=C([O-])C(F)(F)C(F)(F)C(F)(F)C(F)F.O=C([O-])C(F)(F)C(F)(F)C(F)(F)C(F)F.O=C([O-])C(F)(F)C(F)(F)C(F)(F)C(F)F.[Ti+4]. The van der Waals surface area contributed by atoms with E-state index in [-0.39, 0.29) is 28.3 Å². The zero-order chi connectivity index (χ0) is 42.1. The largest absolute Gasteiger partial charge is 4.00 e. The van der Waals surface area contributed by atoms with Crippen LogP contribution >= 0.6 is 0 Å². The number of hydrogen-bond acceptors (Lipinski definition) is 7. The molecule has 0 saturated carbocycles. The minimum absolute atomic E-state index is 0. The van der Waals surface area contributed by atoms with Crippen molar-refractivity contribution in [1.82, 2.24) is 0 Å². The molecular weight excluding hydrogens is 844 g/mol. The maximum absolute atomic E-state index is 12.1. The number of carbonyl (C=O) groups is 3. The van der Waals surface area contributed by atoms with Crippen molar-refractivity contribution in [3.05, 3.63) is 0 Å². The summed E-state index contributed by atoms with van der Waals surface area (Å²) in [4.78, 5) is 28.3. The smallest absolute Gasteiger partial charge is 0.854 e. The standard InChI is InChI=1S/3C5H2F8O2.C4H9O.Ti/c3*6-1(7)3(8,9)5(12,13)4(10,11)2(14)15;1-2-3-4-5;/h3*1H,(H,14,15);2-4H2,1H3;/q;;;-1;+4/p-3. The van der Waals surface area contributed by atoms with E-state index in [9.17, 15) is 140 Å². The number of carbonyl (C=O) groups excluding carboxylic acids is 3. The maximum atomic E-state index is 12.1. The third kappa shape index (κ3) is 12.2. The first-order valence-electron chi connectivity index (χ1n) is 11.0. The molecule has 0 radical (unpaired) electrons. The molecule has 0 aromatic heterocycles. The third-order valence-corrected chi connectivity index (χ3v) is 4.53. The minimum Gasteiger partial charge on any atom is -0.854 e. The van der Waals surface area contributed by atoms with Crippen LogP contribution in [-0.4, -0.2) is 97.1 Å². The third-order valence-electron chi connectivity index (χ3n) is 4.53. The van der Waals surface area contributed by atoms with Crippen molar-refractivity contribution in [3.63, 3.8) is 0 Å². The van der Waals surface area contributed by atoms with Crippen LogP contribution in [0.3, 0.4) is 0 Å². The molecule has 0 spiro atoms. The summed E-state index contributed by atoms with van der Waals surface area (Å²) in [6.45, 7) is 2.11. The average molecular weight is 856 g/mol. The normalized spacial score (nSPS) is 13.6. The topological polar surface area (TPSA) is 143 Å². The predicted molar refractivity (Wildman–Crippen MR) is 97.3 cm³/mol. The Bertz CT molecular complexity index is 968. The Kier molecular flexibility index (Phi) is 22.0. The van der Waals surface area contributed by atoms with Gasteiger partial charge in [0.2, 0.25) is 0 Å². The van der Waals surface area contributed by atoms with E-state index in [1.54, 1.807) is 0 Å². The van der Waals surface area contributed by atoms with E-state index in [2.05, 4.69) is 0 Å². The van der Waals surface area contributed by atoms with E-state index in [0.717, 1.165) is 12.8 Å². The van der Waals surface area contributed by atoms with Crippen molar-refractivity contribution in [2.45, 2.75) is 92.3 Å². The molecule has 0 aliphatic carbocycles. The Labute approximate surface area is 279 Å². The number of carboxylic acids is 3. The van der Waals surface area contributed by atoms with Crippen molar-refractivity contribution >= 4 is 17.9 Å². The Morgan fingerprint density at radius 1 is 0.451 bits per heavy atom.